The van der Waals surface area contributed by atoms with Crippen molar-refractivity contribution in [1.29, 1.82) is 0 Å². The Kier molecular flexibility index (Phi) is 11.3. The molecule has 62 heavy (non-hydrogen) atoms. The molecule has 9 rings (SSSR count). The highest BCUT2D eigenvalue weighted by atomic mass is 35.5. The van der Waals surface area contributed by atoms with Crippen molar-refractivity contribution in [3.8, 4) is 5.75 Å². The van der Waals surface area contributed by atoms with Gasteiger partial charge in [-0.2, -0.15) is 4.98 Å². The van der Waals surface area contributed by atoms with E-state index in [2.05, 4.69) is 41.7 Å². The largest absolute Gasteiger partial charge is 0.478 e. The Labute approximate surface area is 364 Å². The van der Waals surface area contributed by atoms with Crippen LogP contribution in [0.3, 0.4) is 0 Å². The van der Waals surface area contributed by atoms with Crippen molar-refractivity contribution in [3.05, 3.63) is 75.2 Å². The molecule has 0 radical (unpaired) electrons. The van der Waals surface area contributed by atoms with E-state index in [9.17, 15) is 24.0 Å². The molecule has 0 bridgehead atoms. The van der Waals surface area contributed by atoms with Gasteiger partial charge >= 0.3 is 0 Å². The zero-order valence-corrected chi connectivity index (χ0v) is 36.2. The number of nitrogens with one attached hydrogen (secondary N) is 3. The first-order valence-electron chi connectivity index (χ1n) is 21.7. The third-order valence-corrected chi connectivity index (χ3v) is 13.7. The van der Waals surface area contributed by atoms with Gasteiger partial charge in [0.05, 0.1) is 11.7 Å². The summed E-state index contributed by atoms with van der Waals surface area (Å²) in [5.74, 6) is 0.713. The zero-order valence-electron chi connectivity index (χ0n) is 35.4. The van der Waals surface area contributed by atoms with Gasteiger partial charge in [0.2, 0.25) is 17.8 Å². The summed E-state index contributed by atoms with van der Waals surface area (Å²) >= 11 is 6.63. The molecule has 17 heteroatoms. The lowest BCUT2D eigenvalue weighted by molar-refractivity contribution is -0.137. The number of carbonyl (C=O) groups excluding carboxylic acids is 4. The van der Waals surface area contributed by atoms with Crippen LogP contribution in [0.2, 0.25) is 5.02 Å². The smallest absolute Gasteiger partial charge is 0.293 e. The minimum Gasteiger partial charge on any atom is -0.478 e. The Balaban J connectivity index is 0.773. The monoisotopic (exact) mass is 864 g/mol. The molecule has 1 spiro atoms. The van der Waals surface area contributed by atoms with Crippen molar-refractivity contribution in [1.82, 2.24) is 35.0 Å². The Morgan fingerprint density at radius 3 is 2.50 bits per heavy atom. The summed E-state index contributed by atoms with van der Waals surface area (Å²) in [6.07, 6.45) is 6.55. The summed E-state index contributed by atoms with van der Waals surface area (Å²) in [7, 11) is 1.52. The zero-order chi connectivity index (χ0) is 43.3. The van der Waals surface area contributed by atoms with E-state index >= 15 is 0 Å². The molecule has 0 saturated carbocycles. The first-order valence-corrected chi connectivity index (χ1v) is 22.1. The van der Waals surface area contributed by atoms with E-state index in [0.717, 1.165) is 99.3 Å². The lowest BCUT2D eigenvalue weighted by atomic mass is 9.71. The number of aromatic nitrogens is 3. The molecule has 2 aromatic carbocycles. The molecular formula is C45H53ClN10O6. The topological polar surface area (TPSA) is 174 Å². The van der Waals surface area contributed by atoms with Crippen molar-refractivity contribution in [2.75, 3.05) is 74.6 Å². The van der Waals surface area contributed by atoms with Gasteiger partial charge in [0.15, 0.2) is 18.2 Å². The normalized spacial score (nSPS) is 20.4. The van der Waals surface area contributed by atoms with E-state index in [1.54, 1.807) is 21.7 Å². The minimum atomic E-state index is -0.613. The van der Waals surface area contributed by atoms with Gasteiger partial charge in [-0.25, -0.2) is 4.98 Å². The molecule has 7 heterocycles. The van der Waals surface area contributed by atoms with Crippen molar-refractivity contribution >= 4 is 69.3 Å². The Morgan fingerprint density at radius 2 is 1.77 bits per heavy atom. The number of hydrogen-bond acceptors (Lipinski definition) is 12. The van der Waals surface area contributed by atoms with Crippen LogP contribution >= 0.6 is 11.6 Å². The SMILES string of the molecule is CNC(=O)COc1cc2cc(Nc3nc(N4CCC5(CC4)CN(CC4CCN(c6cccc7c6CN(C6CCC(=O)NC6=O)C7=O)CC4)C5)ncc3Cl)ccc2n(C(C)C)c1=O. The number of hydrogen-bond donors (Lipinski definition) is 3. The predicted octanol–water partition coefficient (Wildman–Crippen LogP) is 4.47. The molecule has 5 aliphatic rings. The van der Waals surface area contributed by atoms with Gasteiger partial charge in [0, 0.05) is 99.8 Å². The molecule has 1 atom stereocenters. The standard InChI is InChI=1S/C45H53ClN10O6/c1-27(2)56-34-8-7-30(19-29(34)20-37(43(56)61)62-24-39(58)47-3)49-40-33(46)21-48-44(51-40)54-17-13-45(14-18-54)25-52(26-45)22-28-11-15-53(16-12-28)35-6-4-5-31-32(35)23-55(42(31)60)36-9-10-38(57)50-41(36)59/h4-8,19-21,27-28,36H,9-18,22-26H2,1-3H3,(H,47,58)(H,48,49,51)(H,50,57,59). The van der Waals surface area contributed by atoms with Crippen LogP contribution in [0.4, 0.5) is 23.1 Å². The average molecular weight is 865 g/mol. The summed E-state index contributed by atoms with van der Waals surface area (Å²) < 4.78 is 7.29. The quantitative estimate of drug-likeness (QED) is 0.181. The maximum Gasteiger partial charge on any atom is 0.293 e. The molecular weight excluding hydrogens is 812 g/mol. The molecule has 4 fully saturated rings. The van der Waals surface area contributed by atoms with Crippen LogP contribution in [0.5, 0.6) is 5.75 Å². The molecule has 3 N–H and O–H groups in total. The fourth-order valence-corrected chi connectivity index (χ4v) is 10.2. The third-order valence-electron chi connectivity index (χ3n) is 13.4. The minimum absolute atomic E-state index is 0.1000. The molecule has 4 amide bonds. The van der Waals surface area contributed by atoms with Gasteiger partial charge in [-0.3, -0.25) is 29.3 Å². The van der Waals surface area contributed by atoms with E-state index < -0.39 is 6.04 Å². The number of nitrogens with zero attached hydrogens (tertiary/aromatic N) is 7. The number of piperidine rings is 3. The Bertz CT molecular complexity index is 2490. The Morgan fingerprint density at radius 1 is 1.00 bits per heavy atom. The second-order valence-corrected chi connectivity index (χ2v) is 18.2. The average Bonchev–Trinajstić information content (AvgIpc) is 3.59. The van der Waals surface area contributed by atoms with E-state index in [4.69, 9.17) is 21.3 Å². The van der Waals surface area contributed by atoms with Gasteiger partial charge in [-0.1, -0.05) is 17.7 Å². The summed E-state index contributed by atoms with van der Waals surface area (Å²) in [6, 6.07) is 12.5. The van der Waals surface area contributed by atoms with Crippen molar-refractivity contribution in [2.45, 2.75) is 71.0 Å². The lowest BCUT2D eigenvalue weighted by Gasteiger charge is -2.55. The number of halogens is 1. The molecule has 16 nitrogen and oxygen atoms in total. The molecule has 0 aliphatic carbocycles. The van der Waals surface area contributed by atoms with Crippen LogP contribution in [0.25, 0.3) is 10.9 Å². The van der Waals surface area contributed by atoms with Gasteiger partial charge in [-0.15, -0.1) is 0 Å². The number of fused-ring (bicyclic) bond motifs is 2. The maximum atomic E-state index is 13.4. The highest BCUT2D eigenvalue weighted by molar-refractivity contribution is 6.33. The molecule has 2 aromatic heterocycles. The number of amides is 4. The number of carbonyl (C=O) groups is 4. The highest BCUT2D eigenvalue weighted by Gasteiger charge is 2.46. The molecule has 326 valence electrons. The summed E-state index contributed by atoms with van der Waals surface area (Å²) in [5, 5.41) is 9.42. The fraction of sp³-hybridized carbons (Fsp3) is 0.489. The number of ether oxygens (including phenoxy) is 1. The number of benzene rings is 2. The van der Waals surface area contributed by atoms with Gasteiger partial charge in [0.25, 0.3) is 17.4 Å². The molecule has 5 aliphatic heterocycles. The lowest BCUT2D eigenvalue weighted by Crippen LogP contribution is -2.61. The first kappa shape index (κ1) is 41.6. The predicted molar refractivity (Wildman–Crippen MR) is 236 cm³/mol. The van der Waals surface area contributed by atoms with E-state index in [1.807, 2.05) is 44.2 Å². The van der Waals surface area contributed by atoms with Crippen molar-refractivity contribution in [3.63, 3.8) is 0 Å². The number of pyridine rings is 1. The highest BCUT2D eigenvalue weighted by Crippen LogP contribution is 2.43. The number of imide groups is 1. The van der Waals surface area contributed by atoms with Crippen LogP contribution < -0.4 is 36.0 Å². The number of likely N-dealkylation sites (tertiary alicyclic amines) is 1. The van der Waals surface area contributed by atoms with Crippen LogP contribution in [-0.2, 0) is 20.9 Å². The Hall–Kier alpha value is -5.74. The molecule has 4 aromatic rings. The van der Waals surface area contributed by atoms with Crippen LogP contribution in [-0.4, -0.2) is 113 Å². The summed E-state index contributed by atoms with van der Waals surface area (Å²) in [6.45, 7) is 10.9. The van der Waals surface area contributed by atoms with Crippen LogP contribution in [0.1, 0.15) is 74.3 Å². The summed E-state index contributed by atoms with van der Waals surface area (Å²) in [4.78, 5) is 81.2. The maximum absolute atomic E-state index is 13.4. The van der Waals surface area contributed by atoms with E-state index in [0.29, 0.717) is 46.7 Å². The van der Waals surface area contributed by atoms with E-state index in [1.165, 1.54) is 7.05 Å². The van der Waals surface area contributed by atoms with Crippen LogP contribution in [0, 0.1) is 11.3 Å². The van der Waals surface area contributed by atoms with Gasteiger partial charge in [-0.05, 0) is 93.7 Å². The van der Waals surface area contributed by atoms with Gasteiger partial charge < -0.3 is 39.5 Å². The first-order chi connectivity index (χ1) is 29.9. The number of rotatable bonds is 11. The van der Waals surface area contributed by atoms with Crippen molar-refractivity contribution < 1.29 is 23.9 Å². The van der Waals surface area contributed by atoms with Crippen molar-refractivity contribution in [2.24, 2.45) is 11.3 Å². The second-order valence-electron chi connectivity index (χ2n) is 17.8. The van der Waals surface area contributed by atoms with E-state index in [-0.39, 0.29) is 54.0 Å². The number of likely N-dealkylation sites (N-methyl/N-ethyl adjacent to an activating group) is 1. The number of anilines is 4. The van der Waals surface area contributed by atoms with Crippen LogP contribution in [0.15, 0.2) is 53.5 Å². The summed E-state index contributed by atoms with van der Waals surface area (Å²) in [5.41, 5.74) is 4.21. The molecule has 1 unspecified atom stereocenters. The van der Waals surface area contributed by atoms with Gasteiger partial charge in [0.1, 0.15) is 11.1 Å². The fourth-order valence-electron chi connectivity index (χ4n) is 10.1. The second kappa shape index (κ2) is 16.9. The third kappa shape index (κ3) is 8.05. The molecule has 4 saturated heterocycles.